The highest BCUT2D eigenvalue weighted by Gasteiger charge is 2.58. The Morgan fingerprint density at radius 3 is 2.57 bits per heavy atom. The minimum Gasteiger partial charge on any atom is -0.495 e. The number of epoxide rings is 1. The number of likely N-dealkylation sites (N-methyl/N-ethyl adjacent to an activating group) is 1. The number of carbonyl (C=O) groups excluding carboxylic acids is 3. The Bertz CT molecular complexity index is 1500. The average molecular weight is 750 g/mol. The smallest absolute Gasteiger partial charge is 0.409 e. The summed E-state index contributed by atoms with van der Waals surface area (Å²) in [5.41, 5.74) is 0.692. The summed E-state index contributed by atoms with van der Waals surface area (Å²) in [5.74, 6) is -0.0897. The quantitative estimate of drug-likeness (QED) is 0.253. The Morgan fingerprint density at radius 1 is 1.29 bits per heavy atom. The molecule has 0 unspecified atom stereocenters. The van der Waals surface area contributed by atoms with Gasteiger partial charge in [0.05, 0.1) is 24.5 Å². The summed E-state index contributed by atoms with van der Waals surface area (Å²) in [4.78, 5) is 50.1. The van der Waals surface area contributed by atoms with Crippen LogP contribution in [0.15, 0.2) is 35.9 Å². The molecule has 3 N–H and O–H groups in total. The Morgan fingerprint density at radius 2 is 1.96 bits per heavy atom. The maximum Gasteiger partial charge on any atom is 0.409 e. The fourth-order valence-corrected chi connectivity index (χ4v) is 6.63. The lowest BCUT2D eigenvalue weighted by molar-refractivity contribution is -0.148. The van der Waals surface area contributed by atoms with E-state index in [9.17, 15) is 24.3 Å². The maximum atomic E-state index is 13.2. The van der Waals surface area contributed by atoms with E-state index >= 15 is 0 Å². The highest BCUT2D eigenvalue weighted by molar-refractivity contribution is 7.98. The fraction of sp³-hybridized carbons (Fsp3) is 0.568. The molecule has 0 aromatic heterocycles. The molecule has 0 saturated carbocycles. The lowest BCUT2D eigenvalue weighted by Crippen LogP contribution is -2.57. The summed E-state index contributed by atoms with van der Waals surface area (Å²) < 4.78 is 17.0. The number of hydrogen-bond acceptors (Lipinski definition) is 9. The summed E-state index contributed by atoms with van der Waals surface area (Å²) in [6, 6.07) is 3.05. The number of terminal acetylenes is 1. The van der Waals surface area contributed by atoms with Crippen LogP contribution in [-0.2, 0) is 30.3 Å². The highest BCUT2D eigenvalue weighted by Crippen LogP contribution is 2.47. The molecule has 3 aliphatic rings. The second-order valence-electron chi connectivity index (χ2n) is 13.2. The van der Waals surface area contributed by atoms with E-state index in [1.54, 1.807) is 30.8 Å². The van der Waals surface area contributed by atoms with Gasteiger partial charge in [0, 0.05) is 51.4 Å². The summed E-state index contributed by atoms with van der Waals surface area (Å²) in [6.07, 6.45) is 16.5. The number of methoxy groups -OCH3 is 1. The molecule has 1 aromatic rings. The SMILES string of the molecule is C#C.COc1cc2cc(c1Cl)N(C)C(=O)CC[C@]1(C)O[C@H]1[C@H](C)[C@@H]1C[C@](O)(C/C=C/C=C(\C)C2)NC(=O)O1.CSCCC(=O)N(C)[C@@H](C)C(=O)O. The molecule has 1 aromatic carbocycles. The molecule has 3 amide bonds. The second-order valence-corrected chi connectivity index (χ2v) is 14.5. The van der Waals surface area contributed by atoms with Crippen molar-refractivity contribution in [2.75, 3.05) is 38.1 Å². The summed E-state index contributed by atoms with van der Waals surface area (Å²) >= 11 is 8.16. The van der Waals surface area contributed by atoms with Gasteiger partial charge in [0.15, 0.2) is 0 Å². The number of allylic oxidation sites excluding steroid dienone is 3. The van der Waals surface area contributed by atoms with Crippen LogP contribution in [0.1, 0.15) is 65.4 Å². The number of rotatable bonds is 6. The monoisotopic (exact) mass is 749 g/mol. The number of aliphatic hydroxyl groups is 1. The van der Waals surface area contributed by atoms with E-state index in [-0.39, 0.29) is 43.1 Å². The second kappa shape index (κ2) is 19.2. The number of nitrogens with one attached hydrogen (secondary N) is 1. The van der Waals surface area contributed by atoms with Gasteiger partial charge in [-0.05, 0) is 57.6 Å². The Balaban J connectivity index is 0.000000509. The number of aliphatic carboxylic acids is 1. The predicted octanol–water partition coefficient (Wildman–Crippen LogP) is 5.44. The van der Waals surface area contributed by atoms with Crippen molar-refractivity contribution in [2.24, 2.45) is 5.92 Å². The number of thioether (sulfide) groups is 1. The first-order valence-corrected chi connectivity index (χ1v) is 18.4. The highest BCUT2D eigenvalue weighted by atomic mass is 35.5. The molecule has 3 heterocycles. The molecule has 0 aliphatic carbocycles. The third kappa shape index (κ3) is 11.9. The van der Waals surface area contributed by atoms with E-state index in [1.165, 1.54) is 18.9 Å². The number of amides is 3. The van der Waals surface area contributed by atoms with Crippen molar-refractivity contribution < 1.29 is 43.6 Å². The summed E-state index contributed by atoms with van der Waals surface area (Å²) in [6.45, 7) is 7.42. The normalized spacial score (nSPS) is 28.3. The summed E-state index contributed by atoms with van der Waals surface area (Å²) in [7, 11) is 4.78. The first-order valence-electron chi connectivity index (χ1n) is 16.6. The van der Waals surface area contributed by atoms with Crippen LogP contribution in [0, 0.1) is 18.8 Å². The van der Waals surface area contributed by atoms with E-state index < -0.39 is 35.5 Å². The molecular formula is C37H52ClN3O9S. The maximum absolute atomic E-state index is 13.2. The number of benzene rings is 1. The van der Waals surface area contributed by atoms with Crippen LogP contribution in [0.25, 0.3) is 0 Å². The van der Waals surface area contributed by atoms with Gasteiger partial charge in [-0.15, -0.1) is 12.8 Å². The van der Waals surface area contributed by atoms with Gasteiger partial charge >= 0.3 is 12.1 Å². The first kappa shape index (κ1) is 43.5. The molecular weight excluding hydrogens is 698 g/mol. The Kier molecular flexibility index (Phi) is 16.4. The van der Waals surface area contributed by atoms with Crippen LogP contribution in [0.3, 0.4) is 0 Å². The van der Waals surface area contributed by atoms with Gasteiger partial charge in [-0.25, -0.2) is 9.59 Å². The average Bonchev–Trinajstić information content (AvgIpc) is 3.78. The molecule has 2 saturated heterocycles. The van der Waals surface area contributed by atoms with Crippen molar-refractivity contribution in [3.05, 3.63) is 46.5 Å². The lowest BCUT2D eigenvalue weighted by Gasteiger charge is -2.38. The number of carboxylic acids is 1. The molecule has 6 atom stereocenters. The van der Waals surface area contributed by atoms with Crippen LogP contribution < -0.4 is 15.0 Å². The van der Waals surface area contributed by atoms with Gasteiger partial charge in [0.1, 0.15) is 28.6 Å². The van der Waals surface area contributed by atoms with E-state index in [0.29, 0.717) is 35.7 Å². The third-order valence-corrected chi connectivity index (χ3v) is 10.3. The van der Waals surface area contributed by atoms with Crippen LogP contribution in [0.4, 0.5) is 10.5 Å². The molecule has 12 nitrogen and oxygen atoms in total. The van der Waals surface area contributed by atoms with Gasteiger partial charge in [-0.3, -0.25) is 14.9 Å². The number of carbonyl (C=O) groups is 4. The minimum absolute atomic E-state index is 0.0879. The molecule has 0 spiro atoms. The van der Waals surface area contributed by atoms with Crippen molar-refractivity contribution in [1.29, 1.82) is 0 Å². The van der Waals surface area contributed by atoms with Gasteiger partial charge in [-0.2, -0.15) is 11.8 Å². The topological polar surface area (TPSA) is 158 Å². The summed E-state index contributed by atoms with van der Waals surface area (Å²) in [5, 5.41) is 22.7. The lowest BCUT2D eigenvalue weighted by atomic mass is 9.85. The van der Waals surface area contributed by atoms with E-state index in [2.05, 4.69) is 18.2 Å². The van der Waals surface area contributed by atoms with Crippen molar-refractivity contribution in [2.45, 2.75) is 95.8 Å². The van der Waals surface area contributed by atoms with Gasteiger partial charge in [-0.1, -0.05) is 42.3 Å². The Hall–Kier alpha value is -3.70. The number of ether oxygens (including phenoxy) is 3. The number of hydrogen-bond donors (Lipinski definition) is 3. The zero-order valence-electron chi connectivity index (χ0n) is 30.7. The number of fused-ring (bicyclic) bond motifs is 5. The van der Waals surface area contributed by atoms with Crippen LogP contribution >= 0.6 is 23.4 Å². The van der Waals surface area contributed by atoms with Crippen molar-refractivity contribution in [3.63, 3.8) is 0 Å². The van der Waals surface area contributed by atoms with E-state index in [1.807, 2.05) is 57.4 Å². The van der Waals surface area contributed by atoms with Crippen molar-refractivity contribution in [3.8, 4) is 18.6 Å². The van der Waals surface area contributed by atoms with Crippen molar-refractivity contribution in [1.82, 2.24) is 10.2 Å². The minimum atomic E-state index is -1.40. The molecule has 4 bridgehead atoms. The van der Waals surface area contributed by atoms with Gasteiger partial charge in [0.25, 0.3) is 0 Å². The number of nitrogens with zero attached hydrogens (tertiary/aromatic N) is 2. The van der Waals surface area contributed by atoms with E-state index in [0.717, 1.165) is 16.9 Å². The number of carboxylic acid groups (broad SMARTS) is 1. The van der Waals surface area contributed by atoms with Gasteiger partial charge in [0.2, 0.25) is 11.8 Å². The van der Waals surface area contributed by atoms with Gasteiger partial charge < -0.3 is 34.2 Å². The standard InChI is InChI=1S/C27H35ClN2O6.C8H15NO3S.C2H2/c1-16-8-6-7-10-27(33)15-21(35-25(32)29-27)17(2)24-26(3,36-24)11-9-22(31)30(4)19-13-18(12-16)14-20(34-5)23(19)28;1-6(8(11)12)9(2)7(10)4-5-13-3;1-2/h6-8,13-14,17,21,24,33H,9-12,15H2,1-5H3,(H,29,32);6H,4-5H2,1-3H3,(H,11,12);1-2H/b7-6+,16-8+;;/t17-,21+,24+,26+,27-;6-;/m10./s1. The molecule has 3 aliphatic heterocycles. The number of halogens is 1. The molecule has 14 heteroatoms. The molecule has 0 radical (unpaired) electrons. The molecule has 282 valence electrons. The third-order valence-electron chi connectivity index (χ3n) is 9.31. The molecule has 4 rings (SSSR count). The van der Waals surface area contributed by atoms with Crippen LogP contribution in [0.5, 0.6) is 5.75 Å². The van der Waals surface area contributed by atoms with Crippen LogP contribution in [-0.4, -0.2) is 102 Å². The molecule has 2 fully saturated rings. The Labute approximate surface area is 310 Å². The van der Waals surface area contributed by atoms with Crippen LogP contribution in [0.2, 0.25) is 5.02 Å². The zero-order chi connectivity index (χ0) is 38.7. The predicted molar refractivity (Wildman–Crippen MR) is 200 cm³/mol. The largest absolute Gasteiger partial charge is 0.495 e. The van der Waals surface area contributed by atoms with E-state index in [4.69, 9.17) is 30.9 Å². The van der Waals surface area contributed by atoms with Crippen molar-refractivity contribution >= 4 is 52.9 Å². The fourth-order valence-electron chi connectivity index (χ4n) is 5.94. The zero-order valence-corrected chi connectivity index (χ0v) is 32.3. The first-order chi connectivity index (χ1) is 23.9. The number of anilines is 1. The molecule has 51 heavy (non-hydrogen) atoms. The number of alkyl carbamates (subject to hydrolysis) is 1.